The van der Waals surface area contributed by atoms with Gasteiger partial charge >= 0.3 is 0 Å². The second kappa shape index (κ2) is 5.45. The lowest BCUT2D eigenvalue weighted by Crippen LogP contribution is -2.40. The van der Waals surface area contributed by atoms with E-state index >= 15 is 0 Å². The van der Waals surface area contributed by atoms with Crippen molar-refractivity contribution in [2.75, 3.05) is 10.7 Å². The molecule has 0 aliphatic carbocycles. The molecule has 0 aromatic heterocycles. The molecule has 1 aromatic carbocycles. The minimum atomic E-state index is -4.38. The maximum Gasteiger partial charge on any atom is 0.274 e. The van der Waals surface area contributed by atoms with Crippen molar-refractivity contribution in [3.05, 3.63) is 30.1 Å². The van der Waals surface area contributed by atoms with Gasteiger partial charge in [-0.2, -0.15) is 8.42 Å². The zero-order chi connectivity index (χ0) is 13.9. The van der Waals surface area contributed by atoms with Gasteiger partial charge in [-0.15, -0.1) is 0 Å². The van der Waals surface area contributed by atoms with Crippen LogP contribution >= 0.6 is 0 Å². The molecule has 0 radical (unpaired) electrons. The number of rotatable bonds is 4. The summed E-state index contributed by atoms with van der Waals surface area (Å²) in [4.78, 5) is 13.0. The van der Waals surface area contributed by atoms with E-state index in [0.29, 0.717) is 5.69 Å². The number of nitrogens with zero attached hydrogens (tertiary/aromatic N) is 1. The lowest BCUT2D eigenvalue weighted by molar-refractivity contribution is -0.116. The minimum Gasteiger partial charge on any atom is -0.309 e. The molecule has 0 aliphatic heterocycles. The van der Waals surface area contributed by atoms with Crippen LogP contribution in [0.3, 0.4) is 0 Å². The highest BCUT2D eigenvalue weighted by molar-refractivity contribution is 7.86. The van der Waals surface area contributed by atoms with E-state index in [9.17, 15) is 17.6 Å². The van der Waals surface area contributed by atoms with Crippen molar-refractivity contribution < 1.29 is 22.2 Å². The highest BCUT2D eigenvalue weighted by Gasteiger charge is 2.23. The van der Waals surface area contributed by atoms with Crippen molar-refractivity contribution in [2.24, 2.45) is 0 Å². The Kier molecular flexibility index (Phi) is 4.42. The first-order chi connectivity index (χ1) is 8.20. The molecule has 1 N–H and O–H groups in total. The lowest BCUT2D eigenvalue weighted by atomic mass is 10.2. The molecule has 18 heavy (non-hydrogen) atoms. The van der Waals surface area contributed by atoms with E-state index in [1.165, 1.54) is 29.2 Å². The summed E-state index contributed by atoms with van der Waals surface area (Å²) >= 11 is 0. The molecule has 0 bridgehead atoms. The van der Waals surface area contributed by atoms with Gasteiger partial charge in [0.05, 0.1) is 0 Å². The first-order valence-electron chi connectivity index (χ1n) is 5.23. The molecule has 0 saturated carbocycles. The molecule has 0 saturated heterocycles. The van der Waals surface area contributed by atoms with E-state index in [1.807, 2.05) is 0 Å². The molecule has 1 rings (SSSR count). The topological polar surface area (TPSA) is 74.7 Å². The number of benzene rings is 1. The van der Waals surface area contributed by atoms with Gasteiger partial charge in [0.1, 0.15) is 5.82 Å². The average molecular weight is 275 g/mol. The van der Waals surface area contributed by atoms with E-state index in [4.69, 9.17) is 4.55 Å². The molecular weight excluding hydrogens is 261 g/mol. The highest BCUT2D eigenvalue weighted by Crippen LogP contribution is 2.18. The van der Waals surface area contributed by atoms with E-state index < -0.39 is 27.6 Å². The first kappa shape index (κ1) is 14.6. The Morgan fingerprint density at radius 3 is 2.22 bits per heavy atom. The van der Waals surface area contributed by atoms with Crippen LogP contribution in [0.4, 0.5) is 10.1 Å². The van der Waals surface area contributed by atoms with E-state index in [1.54, 1.807) is 13.8 Å². The molecule has 0 spiro atoms. The van der Waals surface area contributed by atoms with Crippen molar-refractivity contribution in [1.82, 2.24) is 0 Å². The molecule has 0 unspecified atom stereocenters. The number of hydrogen-bond donors (Lipinski definition) is 1. The number of hydrogen-bond acceptors (Lipinski definition) is 3. The first-order valence-corrected chi connectivity index (χ1v) is 6.84. The molecule has 0 heterocycles. The van der Waals surface area contributed by atoms with Gasteiger partial charge in [0, 0.05) is 11.7 Å². The van der Waals surface area contributed by atoms with Crippen molar-refractivity contribution in [1.29, 1.82) is 0 Å². The predicted octanol–water partition coefficient (Wildman–Crippen LogP) is 1.45. The molecule has 1 amide bonds. The molecule has 0 atom stereocenters. The summed E-state index contributed by atoms with van der Waals surface area (Å²) in [7, 11) is -4.38. The van der Waals surface area contributed by atoms with E-state index in [-0.39, 0.29) is 6.04 Å². The molecule has 0 aliphatic rings. The minimum absolute atomic E-state index is 0.315. The third kappa shape index (κ3) is 4.08. The zero-order valence-electron chi connectivity index (χ0n) is 10.00. The Labute approximate surface area is 105 Å². The maximum absolute atomic E-state index is 12.8. The summed E-state index contributed by atoms with van der Waals surface area (Å²) in [5.41, 5.74) is 0.375. The smallest absolute Gasteiger partial charge is 0.274 e. The lowest BCUT2D eigenvalue weighted by Gasteiger charge is -2.26. The second-order valence-corrected chi connectivity index (χ2v) is 5.51. The molecule has 100 valence electrons. The summed E-state index contributed by atoms with van der Waals surface area (Å²) < 4.78 is 42.9. The largest absolute Gasteiger partial charge is 0.309 e. The highest BCUT2D eigenvalue weighted by atomic mass is 32.2. The van der Waals surface area contributed by atoms with Crippen LogP contribution in [0, 0.1) is 5.82 Å². The van der Waals surface area contributed by atoms with Gasteiger partial charge < -0.3 is 4.90 Å². The van der Waals surface area contributed by atoms with Crippen LogP contribution < -0.4 is 4.90 Å². The monoisotopic (exact) mass is 275 g/mol. The Balaban J connectivity index is 3.03. The summed E-state index contributed by atoms with van der Waals surface area (Å²) in [5, 5.41) is 0. The molecule has 7 heteroatoms. The second-order valence-electron chi connectivity index (χ2n) is 4.06. The number of amides is 1. The van der Waals surface area contributed by atoms with Crippen molar-refractivity contribution >= 4 is 21.7 Å². The third-order valence-corrected chi connectivity index (χ3v) is 2.81. The van der Waals surface area contributed by atoms with Crippen molar-refractivity contribution in [3.8, 4) is 0 Å². The summed E-state index contributed by atoms with van der Waals surface area (Å²) in [6, 6.07) is 4.77. The van der Waals surface area contributed by atoms with Gasteiger partial charge in [-0.05, 0) is 38.1 Å². The van der Waals surface area contributed by atoms with Crippen molar-refractivity contribution in [2.45, 2.75) is 19.9 Å². The Morgan fingerprint density at radius 2 is 1.83 bits per heavy atom. The number of anilines is 1. The fourth-order valence-electron chi connectivity index (χ4n) is 1.56. The Hall–Kier alpha value is -1.47. The van der Waals surface area contributed by atoms with Gasteiger partial charge in [0.15, 0.2) is 5.75 Å². The molecular formula is C11H14FNO4S. The quantitative estimate of drug-likeness (QED) is 0.844. The van der Waals surface area contributed by atoms with Crippen LogP contribution in [0.5, 0.6) is 0 Å². The normalized spacial score (nSPS) is 11.6. The zero-order valence-corrected chi connectivity index (χ0v) is 10.8. The molecule has 0 fully saturated rings. The maximum atomic E-state index is 12.8. The fourth-order valence-corrected chi connectivity index (χ4v) is 2.01. The van der Waals surface area contributed by atoms with E-state index in [2.05, 4.69) is 0 Å². The summed E-state index contributed by atoms with van der Waals surface area (Å²) in [6.07, 6.45) is 0. The Morgan fingerprint density at radius 1 is 1.33 bits per heavy atom. The van der Waals surface area contributed by atoms with Gasteiger partial charge in [-0.1, -0.05) is 0 Å². The van der Waals surface area contributed by atoms with Gasteiger partial charge in [-0.25, -0.2) is 4.39 Å². The molecule has 1 aromatic rings. The van der Waals surface area contributed by atoms with Crippen LogP contribution in [0.2, 0.25) is 0 Å². The summed E-state index contributed by atoms with van der Waals surface area (Å²) in [6.45, 7) is 3.37. The Bertz CT molecular complexity index is 524. The van der Waals surface area contributed by atoms with Gasteiger partial charge in [0.2, 0.25) is 5.91 Å². The van der Waals surface area contributed by atoms with Crippen LogP contribution in [-0.4, -0.2) is 30.7 Å². The van der Waals surface area contributed by atoms with Crippen molar-refractivity contribution in [3.63, 3.8) is 0 Å². The number of carbonyl (C=O) groups is 1. The average Bonchev–Trinajstić information content (AvgIpc) is 2.18. The SMILES string of the molecule is CC(C)N(C(=O)CS(=O)(=O)O)c1ccc(F)cc1. The van der Waals surface area contributed by atoms with Gasteiger partial charge in [0.25, 0.3) is 10.1 Å². The summed E-state index contributed by atoms with van der Waals surface area (Å²) in [5.74, 6) is -2.22. The standard InChI is InChI=1S/C11H14FNO4S/c1-8(2)13(11(14)7-18(15,16)17)10-5-3-9(12)4-6-10/h3-6,8H,7H2,1-2H3,(H,15,16,17). The third-order valence-electron chi connectivity index (χ3n) is 2.20. The number of halogens is 1. The van der Waals surface area contributed by atoms with Crippen LogP contribution in [0.25, 0.3) is 0 Å². The van der Waals surface area contributed by atoms with Crippen LogP contribution in [0.15, 0.2) is 24.3 Å². The fraction of sp³-hybridized carbons (Fsp3) is 0.364. The van der Waals surface area contributed by atoms with Crippen LogP contribution in [0.1, 0.15) is 13.8 Å². The molecule has 5 nitrogen and oxygen atoms in total. The van der Waals surface area contributed by atoms with Crippen LogP contribution in [-0.2, 0) is 14.9 Å². The van der Waals surface area contributed by atoms with Gasteiger partial charge in [-0.3, -0.25) is 9.35 Å². The predicted molar refractivity (Wildman–Crippen MR) is 65.4 cm³/mol. The van der Waals surface area contributed by atoms with E-state index in [0.717, 1.165) is 0 Å². The number of carbonyl (C=O) groups excluding carboxylic acids is 1.